The van der Waals surface area contributed by atoms with Crippen LogP contribution in [-0.2, 0) is 4.79 Å². The van der Waals surface area contributed by atoms with E-state index in [1.54, 1.807) is 6.08 Å². The largest absolute Gasteiger partial charge is 0.478 e. The number of carboxylic acids is 1. The second kappa shape index (κ2) is 14.3. The summed E-state index contributed by atoms with van der Waals surface area (Å²) in [6, 6.07) is 3.80. The highest BCUT2D eigenvalue weighted by Gasteiger charge is 2.23. The maximum atomic E-state index is 11.0. The Kier molecular flexibility index (Phi) is 11.6. The highest BCUT2D eigenvalue weighted by molar-refractivity contribution is 5.80. The molecule has 0 saturated heterocycles. The number of aromatic amines is 1. The molecule has 0 aliphatic heterocycles. The zero-order chi connectivity index (χ0) is 20.7. The Bertz CT molecular complexity index is 561. The van der Waals surface area contributed by atoms with Crippen molar-refractivity contribution in [2.24, 2.45) is 11.8 Å². The molecular weight excluding hydrogens is 360 g/mol. The van der Waals surface area contributed by atoms with Gasteiger partial charge in [-0.15, -0.1) is 0 Å². The fraction of sp³-hybridized carbons (Fsp3) is 0.720. The molecule has 1 aliphatic rings. The van der Waals surface area contributed by atoms with Gasteiger partial charge < -0.3 is 15.4 Å². The zero-order valence-electron chi connectivity index (χ0n) is 18.3. The molecule has 1 aromatic rings. The molecule has 0 bridgehead atoms. The summed E-state index contributed by atoms with van der Waals surface area (Å²) in [5.41, 5.74) is 0. The molecule has 0 spiro atoms. The molecule has 4 nitrogen and oxygen atoms in total. The van der Waals surface area contributed by atoms with Crippen LogP contribution in [0.3, 0.4) is 0 Å². The SMILES string of the molecule is CCCCCCCCC(CCC(C=CC(=O)O)[N-]c1ccc[nH]1)C1CCCCC1. The van der Waals surface area contributed by atoms with Crippen LogP contribution in [0.5, 0.6) is 0 Å². The average Bonchev–Trinajstić information content (AvgIpc) is 3.24. The molecule has 1 aromatic heterocycles. The molecule has 0 aromatic carbocycles. The van der Waals surface area contributed by atoms with E-state index >= 15 is 0 Å². The molecule has 1 fully saturated rings. The molecule has 2 unspecified atom stereocenters. The maximum absolute atomic E-state index is 11.0. The third-order valence-corrected chi connectivity index (χ3v) is 6.43. The normalized spacial score (nSPS) is 17.4. The van der Waals surface area contributed by atoms with Crippen LogP contribution < -0.4 is 0 Å². The number of nitrogens with one attached hydrogen (secondary N) is 1. The number of hydrogen-bond acceptors (Lipinski definition) is 1. The lowest BCUT2D eigenvalue weighted by molar-refractivity contribution is -0.131. The van der Waals surface area contributed by atoms with Crippen LogP contribution in [0, 0.1) is 11.8 Å². The summed E-state index contributed by atoms with van der Waals surface area (Å²) < 4.78 is 0. The quantitative estimate of drug-likeness (QED) is 0.233. The van der Waals surface area contributed by atoms with Crippen molar-refractivity contribution in [2.75, 3.05) is 0 Å². The number of aromatic nitrogens is 1. The summed E-state index contributed by atoms with van der Waals surface area (Å²) in [4.78, 5) is 14.1. The van der Waals surface area contributed by atoms with Gasteiger partial charge >= 0.3 is 5.97 Å². The minimum atomic E-state index is -0.896. The van der Waals surface area contributed by atoms with Gasteiger partial charge in [0.25, 0.3) is 0 Å². The van der Waals surface area contributed by atoms with Crippen molar-refractivity contribution in [2.45, 2.75) is 103 Å². The van der Waals surface area contributed by atoms with Crippen molar-refractivity contribution in [3.8, 4) is 0 Å². The molecule has 0 amide bonds. The molecule has 0 radical (unpaired) electrons. The number of H-pyrrole nitrogens is 1. The van der Waals surface area contributed by atoms with E-state index in [1.165, 1.54) is 83.1 Å². The minimum absolute atomic E-state index is 0.0691. The Hall–Kier alpha value is -1.71. The third-order valence-electron chi connectivity index (χ3n) is 6.43. The van der Waals surface area contributed by atoms with E-state index in [0.717, 1.165) is 30.5 Å². The lowest BCUT2D eigenvalue weighted by Gasteiger charge is -2.32. The summed E-state index contributed by atoms with van der Waals surface area (Å²) in [6.07, 6.45) is 23.3. The second-order valence-corrected chi connectivity index (χ2v) is 8.74. The highest BCUT2D eigenvalue weighted by Crippen LogP contribution is 2.36. The number of carbonyl (C=O) groups is 1. The second-order valence-electron chi connectivity index (χ2n) is 8.74. The molecule has 164 valence electrons. The van der Waals surface area contributed by atoms with Gasteiger partial charge in [-0.05, 0) is 30.7 Å². The Balaban J connectivity index is 1.88. The first-order chi connectivity index (χ1) is 14.2. The Morgan fingerprint density at radius 3 is 2.59 bits per heavy atom. The molecule has 1 aliphatic carbocycles. The summed E-state index contributed by atoms with van der Waals surface area (Å²) in [7, 11) is 0. The predicted molar refractivity (Wildman–Crippen MR) is 122 cm³/mol. The van der Waals surface area contributed by atoms with E-state index in [0.29, 0.717) is 0 Å². The molecule has 1 heterocycles. The number of carboxylic acid groups (broad SMARTS) is 1. The van der Waals surface area contributed by atoms with Crippen LogP contribution in [0.4, 0.5) is 5.82 Å². The molecule has 2 atom stereocenters. The van der Waals surface area contributed by atoms with E-state index in [-0.39, 0.29) is 6.04 Å². The Morgan fingerprint density at radius 2 is 1.90 bits per heavy atom. The van der Waals surface area contributed by atoms with E-state index in [9.17, 15) is 4.79 Å². The molecule has 2 rings (SSSR count). The van der Waals surface area contributed by atoms with Crippen molar-refractivity contribution in [3.63, 3.8) is 0 Å². The lowest BCUT2D eigenvalue weighted by Crippen LogP contribution is -2.19. The van der Waals surface area contributed by atoms with Crippen LogP contribution in [0.25, 0.3) is 5.32 Å². The van der Waals surface area contributed by atoms with Crippen LogP contribution in [0.15, 0.2) is 30.5 Å². The fourth-order valence-corrected chi connectivity index (χ4v) is 4.77. The first-order valence-corrected chi connectivity index (χ1v) is 11.9. The first kappa shape index (κ1) is 23.6. The molecular formula is C25H41N2O2-. The Labute approximate surface area is 177 Å². The highest BCUT2D eigenvalue weighted by atomic mass is 16.4. The van der Waals surface area contributed by atoms with Gasteiger partial charge in [-0.2, -0.15) is 0 Å². The number of aliphatic carboxylic acids is 1. The van der Waals surface area contributed by atoms with Crippen LogP contribution in [0.1, 0.15) is 96.8 Å². The van der Waals surface area contributed by atoms with Crippen molar-refractivity contribution in [1.29, 1.82) is 0 Å². The van der Waals surface area contributed by atoms with Crippen molar-refractivity contribution < 1.29 is 9.90 Å². The monoisotopic (exact) mass is 401 g/mol. The number of nitrogens with zero attached hydrogens (tertiary/aromatic N) is 1. The van der Waals surface area contributed by atoms with Crippen LogP contribution >= 0.6 is 0 Å². The van der Waals surface area contributed by atoms with Crippen LogP contribution in [-0.4, -0.2) is 22.1 Å². The summed E-state index contributed by atoms with van der Waals surface area (Å²) in [5, 5.41) is 13.8. The topological polar surface area (TPSA) is 67.2 Å². The van der Waals surface area contributed by atoms with Gasteiger partial charge in [0.15, 0.2) is 0 Å². The van der Waals surface area contributed by atoms with Crippen molar-refractivity contribution in [1.82, 2.24) is 4.98 Å². The van der Waals surface area contributed by atoms with E-state index in [4.69, 9.17) is 10.4 Å². The Morgan fingerprint density at radius 1 is 1.14 bits per heavy atom. The fourth-order valence-electron chi connectivity index (χ4n) is 4.77. The third kappa shape index (κ3) is 10.0. The van der Waals surface area contributed by atoms with Gasteiger partial charge in [-0.25, -0.2) is 4.79 Å². The molecule has 4 heteroatoms. The van der Waals surface area contributed by atoms with E-state index in [2.05, 4.69) is 11.9 Å². The van der Waals surface area contributed by atoms with Crippen LogP contribution in [0.2, 0.25) is 0 Å². The van der Waals surface area contributed by atoms with Crippen molar-refractivity contribution in [3.05, 3.63) is 35.8 Å². The van der Waals surface area contributed by atoms with Gasteiger partial charge in [0.1, 0.15) is 0 Å². The van der Waals surface area contributed by atoms with E-state index in [1.807, 2.05) is 18.3 Å². The van der Waals surface area contributed by atoms with Gasteiger partial charge in [0, 0.05) is 6.08 Å². The number of rotatable bonds is 15. The standard InChI is InChI=1S/C25H41N2O2/c1-2-3-4-5-6-8-14-22(21-12-9-7-10-13-21)16-17-23(18-19-25(28)29)27-24-15-11-20-26-24/h11,15,18-23,26H,2-10,12-14,16-17H2,1H3,(H,28,29)/q-1. The lowest BCUT2D eigenvalue weighted by atomic mass is 9.75. The van der Waals surface area contributed by atoms with E-state index < -0.39 is 5.97 Å². The number of hydrogen-bond donors (Lipinski definition) is 2. The van der Waals surface area contributed by atoms with Gasteiger partial charge in [0.05, 0.1) is 0 Å². The van der Waals surface area contributed by atoms with Gasteiger partial charge in [-0.3, -0.25) is 0 Å². The molecule has 1 saturated carbocycles. The summed E-state index contributed by atoms with van der Waals surface area (Å²) in [5.74, 6) is 1.55. The minimum Gasteiger partial charge on any atom is -0.478 e. The predicted octanol–water partition coefficient (Wildman–Crippen LogP) is 7.76. The zero-order valence-corrected chi connectivity index (χ0v) is 18.3. The molecule has 2 N–H and O–H groups in total. The van der Waals surface area contributed by atoms with Crippen molar-refractivity contribution >= 4 is 11.8 Å². The first-order valence-electron chi connectivity index (χ1n) is 11.9. The summed E-state index contributed by atoms with van der Waals surface area (Å²) in [6.45, 7) is 2.27. The maximum Gasteiger partial charge on any atom is 0.327 e. The average molecular weight is 402 g/mol. The molecule has 29 heavy (non-hydrogen) atoms. The number of unbranched alkanes of at least 4 members (excludes halogenated alkanes) is 5. The van der Waals surface area contributed by atoms with Gasteiger partial charge in [0.2, 0.25) is 0 Å². The smallest absolute Gasteiger partial charge is 0.327 e. The summed E-state index contributed by atoms with van der Waals surface area (Å²) >= 11 is 0. The van der Waals surface area contributed by atoms with Gasteiger partial charge in [-0.1, -0.05) is 114 Å².